The van der Waals surface area contributed by atoms with Crippen LogP contribution < -0.4 is 0 Å². The molecule has 1 aliphatic rings. The Bertz CT molecular complexity index is 510. The van der Waals surface area contributed by atoms with Crippen molar-refractivity contribution in [2.45, 2.75) is 52.0 Å². The van der Waals surface area contributed by atoms with Crippen molar-refractivity contribution in [3.63, 3.8) is 0 Å². The number of carbonyl (C=O) groups excluding carboxylic acids is 1. The molecule has 0 aliphatic heterocycles. The Morgan fingerprint density at radius 2 is 2.19 bits per heavy atom. The lowest BCUT2D eigenvalue weighted by Crippen LogP contribution is -2.38. The second-order valence-electron chi connectivity index (χ2n) is 5.61. The van der Waals surface area contributed by atoms with E-state index in [9.17, 15) is 9.59 Å². The molecule has 1 amide bonds. The van der Waals surface area contributed by atoms with Crippen molar-refractivity contribution in [3.05, 3.63) is 11.7 Å². The van der Waals surface area contributed by atoms with E-state index < -0.39 is 11.9 Å². The summed E-state index contributed by atoms with van der Waals surface area (Å²) < 4.78 is 5.00. The van der Waals surface area contributed by atoms with Crippen molar-refractivity contribution in [1.82, 2.24) is 15.0 Å². The van der Waals surface area contributed by atoms with Gasteiger partial charge >= 0.3 is 5.97 Å². The summed E-state index contributed by atoms with van der Waals surface area (Å²) in [7, 11) is 0. The average molecular weight is 295 g/mol. The molecule has 0 bridgehead atoms. The first kappa shape index (κ1) is 15.5. The van der Waals surface area contributed by atoms with Crippen LogP contribution in [0.15, 0.2) is 4.52 Å². The monoisotopic (exact) mass is 295 g/mol. The van der Waals surface area contributed by atoms with Crippen molar-refractivity contribution >= 4 is 11.9 Å². The van der Waals surface area contributed by atoms with Crippen LogP contribution in [0.1, 0.15) is 44.3 Å². The highest BCUT2D eigenvalue weighted by Gasteiger charge is 2.34. The van der Waals surface area contributed by atoms with E-state index in [0.29, 0.717) is 37.5 Å². The first-order valence-electron chi connectivity index (χ1n) is 7.29. The summed E-state index contributed by atoms with van der Waals surface area (Å²) in [5, 5.41) is 12.7. The van der Waals surface area contributed by atoms with Crippen molar-refractivity contribution in [2.75, 3.05) is 6.54 Å². The minimum absolute atomic E-state index is 0.0156. The molecule has 1 aromatic rings. The molecule has 21 heavy (non-hydrogen) atoms. The molecule has 0 radical (unpaired) electrons. The maximum atomic E-state index is 12.2. The molecule has 0 saturated heterocycles. The molecule has 116 valence electrons. The van der Waals surface area contributed by atoms with Gasteiger partial charge in [0.1, 0.15) is 0 Å². The predicted octanol–water partition coefficient (Wildman–Crippen LogP) is 1.41. The van der Waals surface area contributed by atoms with Crippen molar-refractivity contribution in [1.29, 1.82) is 0 Å². The smallest absolute Gasteiger partial charge is 0.308 e. The summed E-state index contributed by atoms with van der Waals surface area (Å²) in [6, 6.07) is 0.227. The average Bonchev–Trinajstić information content (AvgIpc) is 3.18. The molecule has 1 N–H and O–H groups in total. The van der Waals surface area contributed by atoms with Crippen LogP contribution in [0.4, 0.5) is 0 Å². The summed E-state index contributed by atoms with van der Waals surface area (Å²) >= 11 is 0. The maximum absolute atomic E-state index is 12.2. The third-order valence-corrected chi connectivity index (χ3v) is 3.55. The Morgan fingerprint density at radius 3 is 2.71 bits per heavy atom. The number of hydrogen-bond donors (Lipinski definition) is 1. The van der Waals surface area contributed by atoms with Gasteiger partial charge in [-0.15, -0.1) is 0 Å². The lowest BCUT2D eigenvalue weighted by atomic mass is 10.1. The minimum Gasteiger partial charge on any atom is -0.481 e. The quantitative estimate of drug-likeness (QED) is 0.779. The van der Waals surface area contributed by atoms with Crippen LogP contribution in [0.3, 0.4) is 0 Å². The van der Waals surface area contributed by atoms with Crippen LogP contribution in [0.25, 0.3) is 0 Å². The van der Waals surface area contributed by atoms with Gasteiger partial charge in [0.05, 0.1) is 5.92 Å². The number of rotatable bonds is 8. The molecule has 1 unspecified atom stereocenters. The van der Waals surface area contributed by atoms with Crippen LogP contribution in [0.2, 0.25) is 0 Å². The van der Waals surface area contributed by atoms with Gasteiger partial charge in [-0.3, -0.25) is 9.59 Å². The van der Waals surface area contributed by atoms with E-state index in [2.05, 4.69) is 10.1 Å². The molecule has 2 rings (SSSR count). The van der Waals surface area contributed by atoms with E-state index in [1.165, 1.54) is 0 Å². The van der Waals surface area contributed by atoms with Gasteiger partial charge in [0.25, 0.3) is 0 Å². The highest BCUT2D eigenvalue weighted by atomic mass is 16.5. The molecule has 1 saturated carbocycles. The highest BCUT2D eigenvalue weighted by molar-refractivity contribution is 5.78. The van der Waals surface area contributed by atoms with Crippen LogP contribution in [-0.2, 0) is 16.0 Å². The van der Waals surface area contributed by atoms with E-state index in [1.807, 2.05) is 0 Å². The van der Waals surface area contributed by atoms with Crippen LogP contribution >= 0.6 is 0 Å². The number of hydrogen-bond acceptors (Lipinski definition) is 5. The number of aliphatic carboxylic acids is 1. The van der Waals surface area contributed by atoms with E-state index >= 15 is 0 Å². The standard InChI is InChI=1S/C14H21N3O4/c1-9(14(19)20)8-17(11-6-7-11)13(18)5-3-4-12-15-10(2)16-21-12/h9,11H,3-8H2,1-2H3,(H,19,20). The molecular weight excluding hydrogens is 274 g/mol. The Morgan fingerprint density at radius 1 is 1.48 bits per heavy atom. The Kier molecular flexibility index (Phi) is 4.93. The molecule has 7 heteroatoms. The topological polar surface area (TPSA) is 96.5 Å². The molecular formula is C14H21N3O4. The Labute approximate surface area is 123 Å². The number of nitrogens with zero attached hydrogens (tertiary/aromatic N) is 3. The fraction of sp³-hybridized carbons (Fsp3) is 0.714. The number of aryl methyl sites for hydroxylation is 2. The molecule has 1 aliphatic carbocycles. The van der Waals surface area contributed by atoms with Gasteiger partial charge in [0.15, 0.2) is 5.82 Å². The molecule has 1 atom stereocenters. The van der Waals surface area contributed by atoms with Gasteiger partial charge in [0.2, 0.25) is 11.8 Å². The van der Waals surface area contributed by atoms with Gasteiger partial charge < -0.3 is 14.5 Å². The fourth-order valence-electron chi connectivity index (χ4n) is 2.19. The summed E-state index contributed by atoms with van der Waals surface area (Å²) in [5.41, 5.74) is 0. The highest BCUT2D eigenvalue weighted by Crippen LogP contribution is 2.28. The largest absolute Gasteiger partial charge is 0.481 e. The first-order chi connectivity index (χ1) is 9.97. The third kappa shape index (κ3) is 4.54. The van der Waals surface area contributed by atoms with E-state index in [1.54, 1.807) is 18.7 Å². The Balaban J connectivity index is 1.80. The number of carboxylic acid groups (broad SMARTS) is 1. The summed E-state index contributed by atoms with van der Waals surface area (Å²) in [4.78, 5) is 29.0. The summed E-state index contributed by atoms with van der Waals surface area (Å²) in [6.45, 7) is 3.67. The fourth-order valence-corrected chi connectivity index (χ4v) is 2.19. The SMILES string of the molecule is Cc1noc(CCCC(=O)N(CC(C)C(=O)O)C2CC2)n1. The second kappa shape index (κ2) is 6.69. The first-order valence-corrected chi connectivity index (χ1v) is 7.29. The zero-order valence-electron chi connectivity index (χ0n) is 12.4. The lowest BCUT2D eigenvalue weighted by molar-refractivity contribution is -0.143. The van der Waals surface area contributed by atoms with Crippen molar-refractivity contribution < 1.29 is 19.2 Å². The van der Waals surface area contributed by atoms with Crippen LogP contribution in [-0.4, -0.2) is 44.6 Å². The number of carboxylic acids is 1. The molecule has 7 nitrogen and oxygen atoms in total. The normalized spacial score (nSPS) is 15.7. The van der Waals surface area contributed by atoms with Crippen LogP contribution in [0, 0.1) is 12.8 Å². The molecule has 1 aromatic heterocycles. The molecule has 1 fully saturated rings. The van der Waals surface area contributed by atoms with E-state index in [4.69, 9.17) is 9.63 Å². The van der Waals surface area contributed by atoms with E-state index in [-0.39, 0.29) is 11.9 Å². The minimum atomic E-state index is -0.866. The molecule has 1 heterocycles. The van der Waals surface area contributed by atoms with Gasteiger partial charge in [-0.05, 0) is 26.2 Å². The van der Waals surface area contributed by atoms with Gasteiger partial charge in [-0.1, -0.05) is 12.1 Å². The summed E-state index contributed by atoms with van der Waals surface area (Å²) in [5.74, 6) is -0.256. The lowest BCUT2D eigenvalue weighted by Gasteiger charge is -2.24. The number of amides is 1. The van der Waals surface area contributed by atoms with Gasteiger partial charge in [-0.2, -0.15) is 4.98 Å². The molecule has 0 spiro atoms. The maximum Gasteiger partial charge on any atom is 0.308 e. The van der Waals surface area contributed by atoms with Crippen molar-refractivity contribution in [2.24, 2.45) is 5.92 Å². The number of carbonyl (C=O) groups is 2. The van der Waals surface area contributed by atoms with Gasteiger partial charge in [-0.25, -0.2) is 0 Å². The predicted molar refractivity (Wildman–Crippen MR) is 73.5 cm³/mol. The summed E-state index contributed by atoms with van der Waals surface area (Å²) in [6.07, 6.45) is 3.52. The van der Waals surface area contributed by atoms with Crippen LogP contribution in [0.5, 0.6) is 0 Å². The Hall–Kier alpha value is -1.92. The zero-order valence-corrected chi connectivity index (χ0v) is 12.4. The zero-order chi connectivity index (χ0) is 15.4. The van der Waals surface area contributed by atoms with E-state index in [0.717, 1.165) is 12.8 Å². The second-order valence-corrected chi connectivity index (χ2v) is 5.61. The number of aromatic nitrogens is 2. The van der Waals surface area contributed by atoms with Gasteiger partial charge in [0, 0.05) is 25.4 Å². The third-order valence-electron chi connectivity index (χ3n) is 3.55. The van der Waals surface area contributed by atoms with Crippen molar-refractivity contribution in [3.8, 4) is 0 Å². The molecule has 0 aromatic carbocycles.